The van der Waals surface area contributed by atoms with Crippen LogP contribution in [0.1, 0.15) is 0 Å². The lowest BCUT2D eigenvalue weighted by atomic mass is 10.2. The average Bonchev–Trinajstić information content (AvgIpc) is 2.63. The topological polar surface area (TPSA) is 47.8 Å². The third-order valence-corrected chi connectivity index (χ3v) is 3.68. The molecule has 4 heteroatoms. The monoisotopic (exact) mass is 299 g/mol. The summed E-state index contributed by atoms with van der Waals surface area (Å²) in [5.74, 6) is 0.542. The van der Waals surface area contributed by atoms with Gasteiger partial charge < -0.3 is 0 Å². The highest BCUT2D eigenvalue weighted by molar-refractivity contribution is 5.80. The highest BCUT2D eigenvalue weighted by atomic mass is 16.1. The zero-order valence-corrected chi connectivity index (χ0v) is 12.3. The van der Waals surface area contributed by atoms with E-state index in [1.165, 1.54) is 0 Å². The second-order valence-corrected chi connectivity index (χ2v) is 5.14. The van der Waals surface area contributed by atoms with E-state index in [0.717, 1.165) is 5.69 Å². The van der Waals surface area contributed by atoms with Crippen LogP contribution in [0.15, 0.2) is 83.8 Å². The van der Waals surface area contributed by atoms with Gasteiger partial charge in [0.2, 0.25) is 0 Å². The summed E-state index contributed by atoms with van der Waals surface area (Å²) >= 11 is 0. The Labute approximate surface area is 132 Å². The zero-order valence-electron chi connectivity index (χ0n) is 12.3. The van der Waals surface area contributed by atoms with Crippen LogP contribution >= 0.6 is 0 Å². The second kappa shape index (κ2) is 5.50. The van der Waals surface area contributed by atoms with Crippen LogP contribution in [-0.2, 0) is 0 Å². The SMILES string of the molecule is O=c1c2ccccc2nc(-c2ccccn2)n1-c1ccccc1. The van der Waals surface area contributed by atoms with Crippen molar-refractivity contribution in [1.29, 1.82) is 0 Å². The summed E-state index contributed by atoms with van der Waals surface area (Å²) in [5, 5.41) is 0.594. The molecule has 0 N–H and O–H groups in total. The molecular weight excluding hydrogens is 286 g/mol. The molecule has 0 amide bonds. The number of pyridine rings is 1. The normalized spacial score (nSPS) is 10.8. The minimum absolute atomic E-state index is 0.0950. The van der Waals surface area contributed by atoms with Gasteiger partial charge in [-0.3, -0.25) is 14.3 Å². The fraction of sp³-hybridized carbons (Fsp3) is 0. The largest absolute Gasteiger partial charge is 0.268 e. The molecule has 0 aliphatic rings. The number of hydrogen-bond donors (Lipinski definition) is 0. The van der Waals surface area contributed by atoms with Crippen LogP contribution in [0.25, 0.3) is 28.1 Å². The summed E-state index contributed by atoms with van der Waals surface area (Å²) in [4.78, 5) is 22.1. The molecule has 4 nitrogen and oxygen atoms in total. The summed E-state index contributed by atoms with van der Waals surface area (Å²) in [7, 11) is 0. The molecule has 0 radical (unpaired) electrons. The van der Waals surface area contributed by atoms with Crippen LogP contribution in [0, 0.1) is 0 Å². The van der Waals surface area contributed by atoms with E-state index in [9.17, 15) is 4.79 Å². The quantitative estimate of drug-likeness (QED) is 0.569. The number of fused-ring (bicyclic) bond motifs is 1. The predicted octanol–water partition coefficient (Wildman–Crippen LogP) is 3.45. The van der Waals surface area contributed by atoms with Gasteiger partial charge in [0, 0.05) is 6.20 Å². The molecule has 4 aromatic rings. The second-order valence-electron chi connectivity index (χ2n) is 5.14. The Morgan fingerprint density at radius 2 is 1.52 bits per heavy atom. The van der Waals surface area contributed by atoms with E-state index in [4.69, 9.17) is 0 Å². The molecule has 0 aliphatic heterocycles. The van der Waals surface area contributed by atoms with E-state index in [-0.39, 0.29) is 5.56 Å². The average molecular weight is 299 g/mol. The van der Waals surface area contributed by atoms with Crippen molar-refractivity contribution < 1.29 is 0 Å². The Bertz CT molecular complexity index is 1020. The highest BCUT2D eigenvalue weighted by Crippen LogP contribution is 2.20. The number of benzene rings is 2. The molecule has 2 heterocycles. The lowest BCUT2D eigenvalue weighted by molar-refractivity contribution is 0.965. The van der Waals surface area contributed by atoms with Gasteiger partial charge in [0.1, 0.15) is 5.69 Å². The molecule has 2 aromatic carbocycles. The first-order valence-electron chi connectivity index (χ1n) is 7.33. The Morgan fingerprint density at radius 1 is 0.783 bits per heavy atom. The molecule has 0 fully saturated rings. The van der Waals surface area contributed by atoms with Gasteiger partial charge in [-0.1, -0.05) is 36.4 Å². The van der Waals surface area contributed by atoms with Crippen molar-refractivity contribution in [2.75, 3.05) is 0 Å². The van der Waals surface area contributed by atoms with Gasteiger partial charge in [-0.15, -0.1) is 0 Å². The van der Waals surface area contributed by atoms with Crippen molar-refractivity contribution in [3.05, 3.63) is 89.3 Å². The molecule has 0 saturated heterocycles. The number of para-hydroxylation sites is 2. The summed E-state index contributed by atoms with van der Waals surface area (Å²) in [5.41, 5.74) is 2.02. The van der Waals surface area contributed by atoms with Gasteiger partial charge in [-0.25, -0.2) is 4.98 Å². The van der Waals surface area contributed by atoms with E-state index >= 15 is 0 Å². The molecular formula is C19H13N3O. The first kappa shape index (κ1) is 13.4. The smallest absolute Gasteiger partial charge is 0.266 e. The van der Waals surface area contributed by atoms with E-state index < -0.39 is 0 Å². The molecule has 110 valence electrons. The van der Waals surface area contributed by atoms with Crippen LogP contribution in [0.3, 0.4) is 0 Å². The van der Waals surface area contributed by atoms with Crippen molar-refractivity contribution in [1.82, 2.24) is 14.5 Å². The minimum atomic E-state index is -0.0950. The Kier molecular flexibility index (Phi) is 3.20. The third kappa shape index (κ3) is 2.30. The van der Waals surface area contributed by atoms with Crippen LogP contribution < -0.4 is 5.56 Å². The van der Waals surface area contributed by atoms with Crippen molar-refractivity contribution >= 4 is 10.9 Å². The molecule has 0 atom stereocenters. The van der Waals surface area contributed by atoms with Gasteiger partial charge in [0.25, 0.3) is 5.56 Å². The van der Waals surface area contributed by atoms with E-state index in [0.29, 0.717) is 22.4 Å². The number of rotatable bonds is 2. The van der Waals surface area contributed by atoms with Crippen LogP contribution in [0.5, 0.6) is 0 Å². The Balaban J connectivity index is 2.14. The summed E-state index contributed by atoms with van der Waals surface area (Å²) in [6.07, 6.45) is 1.70. The molecule has 23 heavy (non-hydrogen) atoms. The van der Waals surface area contributed by atoms with Crippen molar-refractivity contribution in [3.63, 3.8) is 0 Å². The van der Waals surface area contributed by atoms with Crippen molar-refractivity contribution in [3.8, 4) is 17.2 Å². The van der Waals surface area contributed by atoms with Crippen LogP contribution in [0.4, 0.5) is 0 Å². The Morgan fingerprint density at radius 3 is 2.30 bits per heavy atom. The predicted molar refractivity (Wildman–Crippen MR) is 90.6 cm³/mol. The molecule has 4 rings (SSSR count). The highest BCUT2D eigenvalue weighted by Gasteiger charge is 2.14. The van der Waals surface area contributed by atoms with Gasteiger partial charge in [0.15, 0.2) is 5.82 Å². The van der Waals surface area contributed by atoms with E-state index in [1.54, 1.807) is 16.8 Å². The maximum Gasteiger partial charge on any atom is 0.266 e. The maximum atomic E-state index is 13.0. The molecule has 0 unspecified atom stereocenters. The number of aromatic nitrogens is 3. The summed E-state index contributed by atoms with van der Waals surface area (Å²) in [6.45, 7) is 0. The zero-order chi connectivity index (χ0) is 15.6. The number of hydrogen-bond acceptors (Lipinski definition) is 3. The first-order valence-corrected chi connectivity index (χ1v) is 7.33. The maximum absolute atomic E-state index is 13.0. The molecule has 2 aromatic heterocycles. The van der Waals surface area contributed by atoms with Crippen LogP contribution in [-0.4, -0.2) is 14.5 Å². The summed E-state index contributed by atoms with van der Waals surface area (Å²) in [6, 6.07) is 22.5. The van der Waals surface area contributed by atoms with E-state index in [2.05, 4.69) is 9.97 Å². The van der Waals surface area contributed by atoms with Crippen molar-refractivity contribution in [2.45, 2.75) is 0 Å². The fourth-order valence-corrected chi connectivity index (χ4v) is 2.62. The fourth-order valence-electron chi connectivity index (χ4n) is 2.62. The van der Waals surface area contributed by atoms with E-state index in [1.807, 2.05) is 66.7 Å². The molecule has 0 bridgehead atoms. The third-order valence-electron chi connectivity index (χ3n) is 3.68. The van der Waals surface area contributed by atoms with Gasteiger partial charge in [0.05, 0.1) is 16.6 Å². The van der Waals surface area contributed by atoms with Gasteiger partial charge in [-0.05, 0) is 36.4 Å². The van der Waals surface area contributed by atoms with Crippen molar-refractivity contribution in [2.24, 2.45) is 0 Å². The first-order chi connectivity index (χ1) is 11.3. The molecule has 0 saturated carbocycles. The van der Waals surface area contributed by atoms with Gasteiger partial charge in [-0.2, -0.15) is 0 Å². The van der Waals surface area contributed by atoms with Crippen LogP contribution in [0.2, 0.25) is 0 Å². The minimum Gasteiger partial charge on any atom is -0.268 e. The molecule has 0 aliphatic carbocycles. The Hall–Kier alpha value is -3.27. The standard InChI is InChI=1S/C19H13N3O/c23-19-15-10-4-5-11-16(15)21-18(17-12-6-7-13-20-17)22(19)14-8-2-1-3-9-14/h1-13H. The lowest BCUT2D eigenvalue weighted by Gasteiger charge is -2.13. The molecule has 0 spiro atoms. The summed E-state index contributed by atoms with van der Waals surface area (Å²) < 4.78 is 1.62. The number of nitrogens with zero attached hydrogens (tertiary/aromatic N) is 3. The van der Waals surface area contributed by atoms with Gasteiger partial charge >= 0.3 is 0 Å². The lowest BCUT2D eigenvalue weighted by Crippen LogP contribution is -2.22.